The van der Waals surface area contributed by atoms with Crippen molar-refractivity contribution in [3.63, 3.8) is 0 Å². The molecule has 1 aliphatic carbocycles. The van der Waals surface area contributed by atoms with Gasteiger partial charge >= 0.3 is 0 Å². The van der Waals surface area contributed by atoms with E-state index >= 15 is 0 Å². The van der Waals surface area contributed by atoms with Crippen molar-refractivity contribution in [3.8, 4) is 0 Å². The molecule has 0 saturated heterocycles. The molecule has 0 aromatic heterocycles. The van der Waals surface area contributed by atoms with Gasteiger partial charge in [-0.15, -0.1) is 0 Å². The molecule has 4 heteroatoms. The van der Waals surface area contributed by atoms with E-state index in [4.69, 9.17) is 10.6 Å². The molecule has 1 amide bonds. The number of nitrogens with two attached hydrogens (primary N) is 1. The predicted molar refractivity (Wildman–Crippen MR) is 68.2 cm³/mol. The lowest BCUT2D eigenvalue weighted by atomic mass is 9.97. The Hall–Kier alpha value is -0.610. The van der Waals surface area contributed by atoms with E-state index in [-0.39, 0.29) is 12.0 Å². The summed E-state index contributed by atoms with van der Waals surface area (Å²) in [7, 11) is 0. The van der Waals surface area contributed by atoms with Crippen molar-refractivity contribution >= 4 is 5.91 Å². The Kier molecular flexibility index (Phi) is 7.21. The Labute approximate surface area is 104 Å². The maximum atomic E-state index is 11.6. The van der Waals surface area contributed by atoms with Crippen LogP contribution in [0.1, 0.15) is 58.3 Å². The zero-order valence-electron chi connectivity index (χ0n) is 10.9. The highest BCUT2D eigenvalue weighted by atomic mass is 16.7. The highest BCUT2D eigenvalue weighted by molar-refractivity contribution is 5.74. The normalized spacial score (nSPS) is 18.2. The third-order valence-corrected chi connectivity index (χ3v) is 3.57. The number of rotatable bonds is 8. The molecule has 3 N–H and O–H groups in total. The van der Waals surface area contributed by atoms with Crippen LogP contribution in [0.5, 0.6) is 0 Å². The largest absolute Gasteiger partial charge is 0.330 e. The maximum Gasteiger partial charge on any atom is 0.243 e. The summed E-state index contributed by atoms with van der Waals surface area (Å²) in [6.45, 7) is 2.85. The standard InChI is InChI=1S/C13H26N2O2/c1-2-11(9-10-14)7-8-13(16)15-17-12-5-3-4-6-12/h11-12H,2-10,14H2,1H3,(H,15,16). The van der Waals surface area contributed by atoms with Crippen LogP contribution < -0.4 is 11.2 Å². The van der Waals surface area contributed by atoms with Gasteiger partial charge in [0.2, 0.25) is 5.91 Å². The van der Waals surface area contributed by atoms with Gasteiger partial charge in [0.25, 0.3) is 0 Å². The van der Waals surface area contributed by atoms with Gasteiger partial charge in [-0.3, -0.25) is 9.63 Å². The first-order valence-electron chi connectivity index (χ1n) is 6.90. The summed E-state index contributed by atoms with van der Waals surface area (Å²) in [6.07, 6.45) is 8.38. The minimum absolute atomic E-state index is 0.00683. The minimum atomic E-state index is 0.00683. The fourth-order valence-corrected chi connectivity index (χ4v) is 2.33. The van der Waals surface area contributed by atoms with Gasteiger partial charge in [0.05, 0.1) is 6.10 Å². The molecule has 1 unspecified atom stereocenters. The Balaban J connectivity index is 2.07. The van der Waals surface area contributed by atoms with E-state index in [9.17, 15) is 4.79 Å². The van der Waals surface area contributed by atoms with Gasteiger partial charge in [-0.1, -0.05) is 26.2 Å². The van der Waals surface area contributed by atoms with Crippen molar-refractivity contribution in [2.24, 2.45) is 11.7 Å². The molecule has 1 saturated carbocycles. The molecule has 0 heterocycles. The number of carbonyl (C=O) groups excluding carboxylic acids is 1. The molecular formula is C13H26N2O2. The number of hydroxylamine groups is 1. The van der Waals surface area contributed by atoms with Crippen LogP contribution >= 0.6 is 0 Å². The molecule has 0 bridgehead atoms. The van der Waals surface area contributed by atoms with Gasteiger partial charge < -0.3 is 5.73 Å². The average Bonchev–Trinajstić information content (AvgIpc) is 2.85. The fraction of sp³-hybridized carbons (Fsp3) is 0.923. The molecular weight excluding hydrogens is 216 g/mol. The molecule has 0 aromatic rings. The molecule has 0 aliphatic heterocycles. The second-order valence-corrected chi connectivity index (χ2v) is 4.94. The third-order valence-electron chi connectivity index (χ3n) is 3.57. The van der Waals surface area contributed by atoms with Crippen molar-refractivity contribution < 1.29 is 9.63 Å². The second-order valence-electron chi connectivity index (χ2n) is 4.94. The lowest BCUT2D eigenvalue weighted by Gasteiger charge is -2.14. The zero-order valence-corrected chi connectivity index (χ0v) is 10.9. The van der Waals surface area contributed by atoms with Crippen LogP contribution in [0.2, 0.25) is 0 Å². The smallest absolute Gasteiger partial charge is 0.243 e. The summed E-state index contributed by atoms with van der Waals surface area (Å²) < 4.78 is 0. The number of hydrogen-bond donors (Lipinski definition) is 2. The van der Waals surface area contributed by atoms with Crippen LogP contribution in [0, 0.1) is 5.92 Å². The molecule has 100 valence electrons. The highest BCUT2D eigenvalue weighted by Crippen LogP contribution is 2.20. The lowest BCUT2D eigenvalue weighted by molar-refractivity contribution is -0.138. The van der Waals surface area contributed by atoms with Gasteiger partial charge in [0, 0.05) is 6.42 Å². The van der Waals surface area contributed by atoms with E-state index in [0.717, 1.165) is 32.1 Å². The highest BCUT2D eigenvalue weighted by Gasteiger charge is 2.17. The van der Waals surface area contributed by atoms with Gasteiger partial charge in [-0.25, -0.2) is 5.48 Å². The van der Waals surface area contributed by atoms with Crippen LogP contribution in [0.15, 0.2) is 0 Å². The summed E-state index contributed by atoms with van der Waals surface area (Å²) >= 11 is 0. The van der Waals surface area contributed by atoms with Crippen molar-refractivity contribution in [2.75, 3.05) is 6.54 Å². The molecule has 1 aliphatic rings. The van der Waals surface area contributed by atoms with Crippen molar-refractivity contribution in [2.45, 2.75) is 64.4 Å². The Morgan fingerprint density at radius 1 is 1.41 bits per heavy atom. The van der Waals surface area contributed by atoms with E-state index in [1.807, 2.05) is 0 Å². The molecule has 0 aromatic carbocycles. The second kappa shape index (κ2) is 8.48. The molecule has 4 nitrogen and oxygen atoms in total. The van der Waals surface area contributed by atoms with Gasteiger partial charge in [0.1, 0.15) is 0 Å². The van der Waals surface area contributed by atoms with E-state index in [1.165, 1.54) is 12.8 Å². The Morgan fingerprint density at radius 3 is 2.71 bits per heavy atom. The third kappa shape index (κ3) is 6.03. The minimum Gasteiger partial charge on any atom is -0.330 e. The molecule has 1 rings (SSSR count). The molecule has 0 spiro atoms. The van der Waals surface area contributed by atoms with Crippen molar-refractivity contribution in [1.82, 2.24) is 5.48 Å². The quantitative estimate of drug-likeness (QED) is 0.641. The number of carbonyl (C=O) groups is 1. The zero-order chi connectivity index (χ0) is 12.5. The first-order chi connectivity index (χ1) is 8.26. The van der Waals surface area contributed by atoms with Crippen LogP contribution in [-0.2, 0) is 9.63 Å². The molecule has 17 heavy (non-hydrogen) atoms. The molecule has 1 atom stereocenters. The van der Waals surface area contributed by atoms with Crippen molar-refractivity contribution in [1.29, 1.82) is 0 Å². The summed E-state index contributed by atoms with van der Waals surface area (Å²) in [6, 6.07) is 0. The van der Waals surface area contributed by atoms with Crippen LogP contribution in [0.4, 0.5) is 0 Å². The summed E-state index contributed by atoms with van der Waals surface area (Å²) in [5, 5.41) is 0. The first-order valence-corrected chi connectivity index (χ1v) is 6.90. The summed E-state index contributed by atoms with van der Waals surface area (Å²) in [5.74, 6) is 0.574. The van der Waals surface area contributed by atoms with Crippen molar-refractivity contribution in [3.05, 3.63) is 0 Å². The number of hydrogen-bond acceptors (Lipinski definition) is 3. The topological polar surface area (TPSA) is 64.4 Å². The maximum absolute atomic E-state index is 11.6. The fourth-order valence-electron chi connectivity index (χ4n) is 2.33. The van der Waals surface area contributed by atoms with E-state index in [1.54, 1.807) is 0 Å². The predicted octanol–water partition coefficient (Wildman–Crippen LogP) is 2.13. The van der Waals surface area contributed by atoms with E-state index in [0.29, 0.717) is 18.9 Å². The molecule has 1 fully saturated rings. The van der Waals surface area contributed by atoms with Gasteiger partial charge in [0.15, 0.2) is 0 Å². The average molecular weight is 242 g/mol. The van der Waals surface area contributed by atoms with Crippen LogP contribution in [0.3, 0.4) is 0 Å². The Morgan fingerprint density at radius 2 is 2.12 bits per heavy atom. The lowest BCUT2D eigenvalue weighted by Crippen LogP contribution is -2.28. The SMILES string of the molecule is CCC(CCN)CCC(=O)NOC1CCCC1. The first kappa shape index (κ1) is 14.5. The summed E-state index contributed by atoms with van der Waals surface area (Å²) in [5.41, 5.74) is 8.10. The number of amides is 1. The molecule has 0 radical (unpaired) electrons. The van der Waals surface area contributed by atoms with E-state index in [2.05, 4.69) is 12.4 Å². The monoisotopic (exact) mass is 242 g/mol. The van der Waals surface area contributed by atoms with Gasteiger partial charge in [-0.2, -0.15) is 0 Å². The van der Waals surface area contributed by atoms with Gasteiger partial charge in [-0.05, 0) is 38.1 Å². The number of nitrogens with one attached hydrogen (secondary N) is 1. The summed E-state index contributed by atoms with van der Waals surface area (Å²) in [4.78, 5) is 16.9. The Bertz CT molecular complexity index is 215. The van der Waals surface area contributed by atoms with E-state index < -0.39 is 0 Å². The van der Waals surface area contributed by atoms with Crippen LogP contribution in [-0.4, -0.2) is 18.6 Å². The van der Waals surface area contributed by atoms with Crippen LogP contribution in [0.25, 0.3) is 0 Å².